The number of aromatic hydroxyl groups is 1. The van der Waals surface area contributed by atoms with Crippen LogP contribution in [0.3, 0.4) is 0 Å². The van der Waals surface area contributed by atoms with Crippen molar-refractivity contribution < 1.29 is 19.8 Å². The number of hydrogen-bond acceptors (Lipinski definition) is 4. The number of nitrogens with zero attached hydrogens (tertiary/aromatic N) is 1. The van der Waals surface area contributed by atoms with Crippen molar-refractivity contribution in [1.29, 1.82) is 0 Å². The van der Waals surface area contributed by atoms with Gasteiger partial charge in [0.1, 0.15) is 5.75 Å². The number of aromatic carboxylic acids is 1. The van der Waals surface area contributed by atoms with Gasteiger partial charge in [0.05, 0.1) is 11.1 Å². The Morgan fingerprint density at radius 3 is 2.46 bits per heavy atom. The molecule has 0 unspecified atom stereocenters. The van der Waals surface area contributed by atoms with Crippen LogP contribution in [0, 0.1) is 19.3 Å². The molecule has 0 atom stereocenters. The second kappa shape index (κ2) is 11.1. The molecule has 2 aromatic carbocycles. The third-order valence-electron chi connectivity index (χ3n) is 7.20. The molecule has 0 radical (unpaired) electrons. The lowest BCUT2D eigenvalue weighted by Gasteiger charge is -2.31. The van der Waals surface area contributed by atoms with E-state index in [1.54, 1.807) is 18.2 Å². The smallest absolute Gasteiger partial charge is 0.336 e. The molecule has 0 spiro atoms. The Hall–Kier alpha value is -3.02. The average Bonchev–Trinajstić information content (AvgIpc) is 3.22. The number of nitrogens with one attached hydrogen (secondary N) is 1. The molecular weight excluding hydrogens is 440 g/mol. The number of para-hydroxylation sites is 1. The number of carboxylic acids is 1. The van der Waals surface area contributed by atoms with E-state index in [4.69, 9.17) is 0 Å². The Labute approximate surface area is 209 Å². The molecule has 1 heterocycles. The molecule has 3 rings (SSSR count). The van der Waals surface area contributed by atoms with Gasteiger partial charge in [-0.1, -0.05) is 52.2 Å². The minimum Gasteiger partial charge on any atom is -0.507 e. The monoisotopic (exact) mass is 480 g/mol. The molecule has 190 valence electrons. The van der Waals surface area contributed by atoms with Crippen molar-refractivity contribution in [3.63, 3.8) is 0 Å². The number of carbonyl (C=O) groups is 2. The van der Waals surface area contributed by atoms with E-state index >= 15 is 0 Å². The largest absolute Gasteiger partial charge is 0.507 e. The molecule has 0 aromatic heterocycles. The van der Waals surface area contributed by atoms with Crippen LogP contribution in [0.25, 0.3) is 0 Å². The molecule has 35 heavy (non-hydrogen) atoms. The summed E-state index contributed by atoms with van der Waals surface area (Å²) in [4.78, 5) is 27.3. The highest BCUT2D eigenvalue weighted by molar-refractivity contribution is 5.97. The summed E-state index contributed by atoms with van der Waals surface area (Å²) in [5.74, 6) is -1.23. The first-order valence-electron chi connectivity index (χ1n) is 12.8. The lowest BCUT2D eigenvalue weighted by Crippen LogP contribution is -2.36. The third kappa shape index (κ3) is 5.98. The highest BCUT2D eigenvalue weighted by atomic mass is 16.4. The molecule has 0 fully saturated rings. The van der Waals surface area contributed by atoms with Gasteiger partial charge in [0, 0.05) is 25.3 Å². The average molecular weight is 481 g/mol. The van der Waals surface area contributed by atoms with Crippen LogP contribution in [0.4, 0.5) is 5.69 Å². The molecule has 0 saturated heterocycles. The topological polar surface area (TPSA) is 89.9 Å². The van der Waals surface area contributed by atoms with Crippen molar-refractivity contribution in [2.75, 3.05) is 24.5 Å². The van der Waals surface area contributed by atoms with Crippen LogP contribution in [0.5, 0.6) is 5.75 Å². The van der Waals surface area contributed by atoms with E-state index in [0.29, 0.717) is 18.5 Å². The Kier molecular flexibility index (Phi) is 8.47. The van der Waals surface area contributed by atoms with Crippen LogP contribution in [0.15, 0.2) is 24.3 Å². The van der Waals surface area contributed by atoms with Crippen molar-refractivity contribution in [2.45, 2.75) is 73.1 Å². The van der Waals surface area contributed by atoms with E-state index in [9.17, 15) is 19.8 Å². The molecule has 1 aliphatic rings. The fraction of sp³-hybridized carbons (Fsp3) is 0.517. The van der Waals surface area contributed by atoms with Gasteiger partial charge in [0.25, 0.3) is 5.91 Å². The summed E-state index contributed by atoms with van der Waals surface area (Å²) in [5, 5.41) is 23.0. The lowest BCUT2D eigenvalue weighted by atomic mass is 9.80. The molecule has 1 amide bonds. The molecule has 6 nitrogen and oxygen atoms in total. The zero-order chi connectivity index (χ0) is 25.8. The van der Waals surface area contributed by atoms with Gasteiger partial charge < -0.3 is 20.4 Å². The van der Waals surface area contributed by atoms with Gasteiger partial charge in [-0.2, -0.15) is 0 Å². The Bertz CT molecular complexity index is 1090. The molecule has 6 heteroatoms. The van der Waals surface area contributed by atoms with Gasteiger partial charge in [-0.25, -0.2) is 4.79 Å². The number of rotatable bonds is 11. The van der Waals surface area contributed by atoms with Gasteiger partial charge in [0.15, 0.2) is 0 Å². The predicted molar refractivity (Wildman–Crippen MR) is 141 cm³/mol. The van der Waals surface area contributed by atoms with Crippen molar-refractivity contribution >= 4 is 17.6 Å². The first-order chi connectivity index (χ1) is 16.6. The van der Waals surface area contributed by atoms with Crippen molar-refractivity contribution in [2.24, 2.45) is 5.41 Å². The van der Waals surface area contributed by atoms with Crippen LogP contribution in [-0.4, -0.2) is 41.7 Å². The number of anilines is 1. The highest BCUT2D eigenvalue weighted by Crippen LogP contribution is 2.41. The number of carbonyl (C=O) groups excluding carboxylic acids is 1. The molecule has 0 aliphatic carbocycles. The highest BCUT2D eigenvalue weighted by Gasteiger charge is 2.32. The predicted octanol–water partition coefficient (Wildman–Crippen LogP) is 5.65. The number of fused-ring (bicyclic) bond motifs is 1. The van der Waals surface area contributed by atoms with E-state index in [2.05, 4.69) is 31.0 Å². The van der Waals surface area contributed by atoms with Crippen LogP contribution >= 0.6 is 0 Å². The Morgan fingerprint density at radius 2 is 1.80 bits per heavy atom. The van der Waals surface area contributed by atoms with Crippen LogP contribution < -0.4 is 10.2 Å². The summed E-state index contributed by atoms with van der Waals surface area (Å²) in [6, 6.07) is 6.51. The summed E-state index contributed by atoms with van der Waals surface area (Å²) in [6.07, 6.45) is 6.27. The summed E-state index contributed by atoms with van der Waals surface area (Å²) >= 11 is 0. The quantitative estimate of drug-likeness (QED) is 0.362. The normalized spacial score (nSPS) is 13.1. The maximum Gasteiger partial charge on any atom is 0.336 e. The first-order valence-corrected chi connectivity index (χ1v) is 12.8. The molecule has 1 aliphatic heterocycles. The summed E-state index contributed by atoms with van der Waals surface area (Å²) in [7, 11) is 0. The zero-order valence-corrected chi connectivity index (χ0v) is 21.8. The molecular formula is C29H40N2O4. The first kappa shape index (κ1) is 26.6. The maximum atomic E-state index is 12.7. The second-order valence-corrected chi connectivity index (χ2v) is 10.6. The number of phenols is 1. The van der Waals surface area contributed by atoms with Crippen molar-refractivity contribution in [1.82, 2.24) is 5.32 Å². The number of amides is 1. The number of benzene rings is 2. The van der Waals surface area contributed by atoms with Gasteiger partial charge in [0.2, 0.25) is 0 Å². The van der Waals surface area contributed by atoms with E-state index < -0.39 is 5.97 Å². The molecule has 3 N–H and O–H groups in total. The SMILES string of the molecule is CCCCCCN1CCc2c(C)c(C(=O)O)c(C)c(CC(C)(C)CNC(=O)c3ccccc3O)c21. The Morgan fingerprint density at radius 1 is 1.09 bits per heavy atom. The van der Waals surface area contributed by atoms with E-state index in [1.807, 2.05) is 13.8 Å². The second-order valence-electron chi connectivity index (χ2n) is 10.6. The van der Waals surface area contributed by atoms with Crippen LogP contribution in [-0.2, 0) is 12.8 Å². The number of hydrogen-bond donors (Lipinski definition) is 3. The Balaban J connectivity index is 1.88. The van der Waals surface area contributed by atoms with Crippen LogP contribution in [0.1, 0.15) is 89.4 Å². The van der Waals surface area contributed by atoms with Gasteiger partial charge in [-0.05, 0) is 72.9 Å². The van der Waals surface area contributed by atoms with Gasteiger partial charge in [-0.15, -0.1) is 0 Å². The molecule has 2 aromatic rings. The third-order valence-corrected chi connectivity index (χ3v) is 7.20. The maximum absolute atomic E-state index is 12.7. The minimum atomic E-state index is -0.879. The van der Waals surface area contributed by atoms with Gasteiger partial charge in [-0.3, -0.25) is 4.79 Å². The van der Waals surface area contributed by atoms with Crippen LogP contribution in [0.2, 0.25) is 0 Å². The zero-order valence-electron chi connectivity index (χ0n) is 21.8. The fourth-order valence-electron chi connectivity index (χ4n) is 5.28. The van der Waals surface area contributed by atoms with Crippen molar-refractivity contribution in [3.8, 4) is 5.75 Å². The van der Waals surface area contributed by atoms with E-state index in [1.165, 1.54) is 31.0 Å². The van der Waals surface area contributed by atoms with E-state index in [0.717, 1.165) is 48.2 Å². The fourth-order valence-corrected chi connectivity index (χ4v) is 5.28. The number of unbranched alkanes of at least 4 members (excludes halogenated alkanes) is 3. The standard InChI is InChI=1S/C29H40N2O4/c1-6-7-8-11-15-31-16-14-21-19(2)25(28(34)35)20(3)23(26(21)31)17-29(4,5)18-30-27(33)22-12-9-10-13-24(22)32/h9-10,12-13,32H,6-8,11,14-18H2,1-5H3,(H,30,33)(H,34,35). The summed E-state index contributed by atoms with van der Waals surface area (Å²) in [5.41, 5.74) is 5.51. The van der Waals surface area contributed by atoms with E-state index in [-0.39, 0.29) is 22.6 Å². The molecule has 0 saturated carbocycles. The molecule has 0 bridgehead atoms. The van der Waals surface area contributed by atoms with Gasteiger partial charge >= 0.3 is 5.97 Å². The lowest BCUT2D eigenvalue weighted by molar-refractivity contribution is 0.0694. The van der Waals surface area contributed by atoms with Crippen molar-refractivity contribution in [3.05, 3.63) is 57.6 Å². The minimum absolute atomic E-state index is 0.0418. The number of carboxylic acid groups (broad SMARTS) is 1. The summed E-state index contributed by atoms with van der Waals surface area (Å²) < 4.78 is 0. The number of phenolic OH excluding ortho intramolecular Hbond substituents is 1. The summed E-state index contributed by atoms with van der Waals surface area (Å²) in [6.45, 7) is 12.6.